The molecule has 0 spiro atoms. The van der Waals surface area contributed by atoms with Crippen molar-refractivity contribution < 1.29 is 22.5 Å². The summed E-state index contributed by atoms with van der Waals surface area (Å²) in [6.07, 6.45) is 0.908. The molecular formula is C9H10FO4P. The first-order valence-corrected chi connectivity index (χ1v) is 5.46. The maximum atomic E-state index is 13.1. The summed E-state index contributed by atoms with van der Waals surface area (Å²) in [5, 5.41) is 0. The van der Waals surface area contributed by atoms with Gasteiger partial charge in [-0.3, -0.25) is 4.52 Å². The maximum absolute atomic E-state index is 13.1. The molecule has 4 nitrogen and oxygen atoms in total. The summed E-state index contributed by atoms with van der Waals surface area (Å²) < 4.78 is 38.6. The number of hydrogen-bond acceptors (Lipinski definition) is 4. The molecule has 0 aliphatic heterocycles. The van der Waals surface area contributed by atoms with Crippen molar-refractivity contribution in [2.45, 2.75) is 0 Å². The lowest BCUT2D eigenvalue weighted by Crippen LogP contribution is -1.98. The van der Waals surface area contributed by atoms with Gasteiger partial charge < -0.3 is 9.05 Å². The van der Waals surface area contributed by atoms with Crippen molar-refractivity contribution in [3.8, 4) is 5.75 Å². The van der Waals surface area contributed by atoms with Crippen molar-refractivity contribution in [3.63, 3.8) is 0 Å². The van der Waals surface area contributed by atoms with E-state index in [9.17, 15) is 8.96 Å². The number of benzene rings is 1. The number of phosphoric ester groups is 1. The fourth-order valence-corrected chi connectivity index (χ4v) is 1.61. The van der Waals surface area contributed by atoms with Gasteiger partial charge in [0.1, 0.15) is 0 Å². The van der Waals surface area contributed by atoms with E-state index in [1.165, 1.54) is 24.3 Å². The fraction of sp³-hybridized carbons (Fsp3) is 0.111. The first-order valence-electron chi connectivity index (χ1n) is 4.00. The van der Waals surface area contributed by atoms with Crippen molar-refractivity contribution >= 4 is 7.82 Å². The van der Waals surface area contributed by atoms with Gasteiger partial charge in [-0.05, 0) is 12.1 Å². The van der Waals surface area contributed by atoms with E-state index >= 15 is 0 Å². The van der Waals surface area contributed by atoms with Crippen molar-refractivity contribution in [1.82, 2.24) is 0 Å². The fourth-order valence-electron chi connectivity index (χ4n) is 0.832. The summed E-state index contributed by atoms with van der Waals surface area (Å²) in [6, 6.07) is 5.50. The highest BCUT2D eigenvalue weighted by Crippen LogP contribution is 2.49. The van der Waals surface area contributed by atoms with Crippen LogP contribution in [0.4, 0.5) is 4.39 Å². The molecule has 0 bridgehead atoms. The molecular weight excluding hydrogens is 222 g/mol. The molecule has 1 aromatic rings. The standard InChI is InChI=1S/C9H10FO4P/c1-3-13-15(11,12-2)14-9-7-5-4-6-8(9)10/h3-7H,1H2,2H3. The second-order valence-electron chi connectivity index (χ2n) is 2.42. The van der Waals surface area contributed by atoms with Crippen LogP contribution in [0, 0.1) is 5.82 Å². The van der Waals surface area contributed by atoms with Crippen LogP contribution in [-0.2, 0) is 13.6 Å². The third-order valence-corrected chi connectivity index (χ3v) is 2.75. The Hall–Kier alpha value is -1.32. The van der Waals surface area contributed by atoms with Crippen molar-refractivity contribution in [1.29, 1.82) is 0 Å². The molecule has 0 radical (unpaired) electrons. The van der Waals surface area contributed by atoms with Crippen LogP contribution in [0.2, 0.25) is 0 Å². The minimum atomic E-state index is -3.81. The first-order chi connectivity index (χ1) is 7.11. The SMILES string of the molecule is C=COP(=O)(OC)Oc1ccccc1F. The first kappa shape index (κ1) is 11.8. The second-order valence-corrected chi connectivity index (χ2v) is 4.08. The topological polar surface area (TPSA) is 44.8 Å². The minimum absolute atomic E-state index is 0.204. The number of phosphoric acid groups is 1. The van der Waals surface area contributed by atoms with Crippen LogP contribution in [0.5, 0.6) is 5.75 Å². The van der Waals surface area contributed by atoms with Gasteiger partial charge in [0.05, 0.1) is 6.26 Å². The number of hydrogen-bond donors (Lipinski definition) is 0. The smallest absolute Gasteiger partial charge is 0.404 e. The van der Waals surface area contributed by atoms with Gasteiger partial charge in [0, 0.05) is 7.11 Å². The monoisotopic (exact) mass is 232 g/mol. The predicted octanol–water partition coefficient (Wildman–Crippen LogP) is 3.12. The molecule has 15 heavy (non-hydrogen) atoms. The van der Waals surface area contributed by atoms with E-state index in [2.05, 4.69) is 15.6 Å². The van der Waals surface area contributed by atoms with Gasteiger partial charge in [0.2, 0.25) is 0 Å². The molecule has 0 saturated carbocycles. The highest BCUT2D eigenvalue weighted by molar-refractivity contribution is 7.49. The highest BCUT2D eigenvalue weighted by Gasteiger charge is 2.27. The van der Waals surface area contributed by atoms with Gasteiger partial charge in [-0.25, -0.2) is 8.96 Å². The normalized spacial score (nSPS) is 14.0. The zero-order valence-corrected chi connectivity index (χ0v) is 8.95. The highest BCUT2D eigenvalue weighted by atomic mass is 31.2. The molecule has 0 fully saturated rings. The molecule has 1 rings (SSSR count). The number of halogens is 1. The van der Waals surface area contributed by atoms with Crippen LogP contribution in [-0.4, -0.2) is 7.11 Å². The Balaban J connectivity index is 2.89. The van der Waals surface area contributed by atoms with Gasteiger partial charge in [-0.1, -0.05) is 18.7 Å². The predicted molar refractivity (Wildman–Crippen MR) is 52.9 cm³/mol. The van der Waals surface area contributed by atoms with E-state index in [1.54, 1.807) is 0 Å². The van der Waals surface area contributed by atoms with E-state index < -0.39 is 13.6 Å². The van der Waals surface area contributed by atoms with E-state index in [0.29, 0.717) is 0 Å². The lowest BCUT2D eigenvalue weighted by Gasteiger charge is -2.14. The van der Waals surface area contributed by atoms with Crippen LogP contribution < -0.4 is 4.52 Å². The Bertz CT molecular complexity index is 393. The summed E-state index contributed by atoms with van der Waals surface area (Å²) in [6.45, 7) is 3.21. The van der Waals surface area contributed by atoms with Gasteiger partial charge >= 0.3 is 7.82 Å². The van der Waals surface area contributed by atoms with E-state index in [0.717, 1.165) is 13.4 Å². The van der Waals surface area contributed by atoms with Gasteiger partial charge in [0.25, 0.3) is 0 Å². The van der Waals surface area contributed by atoms with Gasteiger partial charge in [0.15, 0.2) is 11.6 Å². The molecule has 6 heteroatoms. The summed E-state index contributed by atoms with van der Waals surface area (Å²) in [5.41, 5.74) is 0. The number of rotatable bonds is 5. The second kappa shape index (κ2) is 4.96. The van der Waals surface area contributed by atoms with Gasteiger partial charge in [-0.2, -0.15) is 0 Å². The third kappa shape index (κ3) is 3.08. The summed E-state index contributed by atoms with van der Waals surface area (Å²) in [7, 11) is -2.68. The van der Waals surface area contributed by atoms with Crippen molar-refractivity contribution in [2.75, 3.05) is 7.11 Å². The Morgan fingerprint density at radius 2 is 2.13 bits per heavy atom. The Morgan fingerprint density at radius 3 is 2.67 bits per heavy atom. The van der Waals surface area contributed by atoms with Crippen LogP contribution in [0.25, 0.3) is 0 Å². The minimum Gasteiger partial charge on any atom is -0.404 e. The maximum Gasteiger partial charge on any atom is 0.586 e. The quantitative estimate of drug-likeness (QED) is 0.578. The van der Waals surface area contributed by atoms with Crippen LogP contribution in [0.15, 0.2) is 37.1 Å². The lowest BCUT2D eigenvalue weighted by atomic mass is 10.3. The zero-order valence-electron chi connectivity index (χ0n) is 8.05. The van der Waals surface area contributed by atoms with E-state index in [-0.39, 0.29) is 5.75 Å². The molecule has 0 heterocycles. The molecule has 82 valence electrons. The Morgan fingerprint density at radius 1 is 1.47 bits per heavy atom. The average molecular weight is 232 g/mol. The van der Waals surface area contributed by atoms with E-state index in [4.69, 9.17) is 4.52 Å². The number of para-hydroxylation sites is 1. The molecule has 1 atom stereocenters. The van der Waals surface area contributed by atoms with Gasteiger partial charge in [-0.15, -0.1) is 0 Å². The lowest BCUT2D eigenvalue weighted by molar-refractivity contribution is 0.227. The zero-order chi connectivity index (χ0) is 11.3. The molecule has 1 unspecified atom stereocenters. The summed E-state index contributed by atoms with van der Waals surface area (Å²) >= 11 is 0. The molecule has 1 aromatic carbocycles. The summed E-state index contributed by atoms with van der Waals surface area (Å²) in [5.74, 6) is -0.855. The molecule has 0 aliphatic carbocycles. The Kier molecular flexibility index (Phi) is 3.88. The summed E-state index contributed by atoms with van der Waals surface area (Å²) in [4.78, 5) is 0. The van der Waals surface area contributed by atoms with Crippen molar-refractivity contribution in [2.24, 2.45) is 0 Å². The van der Waals surface area contributed by atoms with Crippen LogP contribution in [0.1, 0.15) is 0 Å². The Labute approximate surface area is 86.9 Å². The largest absolute Gasteiger partial charge is 0.586 e. The van der Waals surface area contributed by atoms with Crippen LogP contribution >= 0.6 is 7.82 Å². The molecule has 0 amide bonds. The third-order valence-electron chi connectivity index (χ3n) is 1.47. The molecule has 0 saturated heterocycles. The van der Waals surface area contributed by atoms with E-state index in [1.807, 2.05) is 0 Å². The molecule has 0 aliphatic rings. The molecule has 0 N–H and O–H groups in total. The van der Waals surface area contributed by atoms with Crippen molar-refractivity contribution in [3.05, 3.63) is 42.9 Å². The molecule has 0 aromatic heterocycles. The van der Waals surface area contributed by atoms with Crippen LogP contribution in [0.3, 0.4) is 0 Å². The average Bonchev–Trinajstić information content (AvgIpc) is 2.22.